The van der Waals surface area contributed by atoms with Crippen molar-refractivity contribution in [3.63, 3.8) is 0 Å². The second-order valence-electron chi connectivity index (χ2n) is 2.85. The third-order valence-corrected chi connectivity index (χ3v) is 2.01. The van der Waals surface area contributed by atoms with E-state index in [1.165, 1.54) is 0 Å². The van der Waals surface area contributed by atoms with Crippen LogP contribution >= 0.6 is 0 Å². The van der Waals surface area contributed by atoms with Crippen molar-refractivity contribution in [1.29, 1.82) is 0 Å². The van der Waals surface area contributed by atoms with Crippen molar-refractivity contribution in [2.75, 3.05) is 0 Å². The average molecular weight is 210 g/mol. The predicted octanol–water partition coefficient (Wildman–Crippen LogP) is -1.84. The molecule has 0 heterocycles. The second kappa shape index (κ2) is 5.05. The summed E-state index contributed by atoms with van der Waals surface area (Å²) in [7, 11) is 0. The Morgan fingerprint density at radius 3 is 1.86 bits per heavy atom. The molecule has 0 aromatic carbocycles. The molecule has 0 unspecified atom stereocenters. The van der Waals surface area contributed by atoms with E-state index in [1.807, 2.05) is 18.2 Å². The van der Waals surface area contributed by atoms with Gasteiger partial charge in [0, 0.05) is 0 Å². The van der Waals surface area contributed by atoms with Gasteiger partial charge in [0.15, 0.2) is 0 Å². The smallest absolute Gasteiger partial charge is 0.545 e. The quantitative estimate of drug-likeness (QED) is 0.519. The Morgan fingerprint density at radius 2 is 1.43 bits per heavy atom. The maximum Gasteiger partial charge on any atom is 1.00 e. The topological polar surface area (TPSA) is 40.1 Å². The summed E-state index contributed by atoms with van der Waals surface area (Å²) in [5.41, 5.74) is 2.27. The van der Waals surface area contributed by atoms with Crippen LogP contribution in [0, 0.1) is 0 Å². The third kappa shape index (κ3) is 2.43. The molecule has 64 valence electrons. The van der Waals surface area contributed by atoms with E-state index < -0.39 is 5.97 Å². The van der Waals surface area contributed by atoms with Gasteiger partial charge in [-0.25, -0.2) is 0 Å². The Morgan fingerprint density at radius 1 is 0.929 bits per heavy atom. The van der Waals surface area contributed by atoms with Crippen LogP contribution in [0.5, 0.6) is 0 Å². The molecular formula is C11H7KO2. The molecule has 0 aliphatic heterocycles. The molecule has 0 aromatic rings. The van der Waals surface area contributed by atoms with Crippen LogP contribution in [0.4, 0.5) is 0 Å². The first kappa shape index (κ1) is 11.9. The summed E-state index contributed by atoms with van der Waals surface area (Å²) < 4.78 is 0. The van der Waals surface area contributed by atoms with Gasteiger partial charge in [0.05, 0.1) is 5.97 Å². The van der Waals surface area contributed by atoms with Crippen LogP contribution < -0.4 is 56.5 Å². The van der Waals surface area contributed by atoms with E-state index in [0.29, 0.717) is 0 Å². The fourth-order valence-electron chi connectivity index (χ4n) is 1.30. The predicted molar refractivity (Wildman–Crippen MR) is 47.4 cm³/mol. The zero-order chi connectivity index (χ0) is 9.26. The van der Waals surface area contributed by atoms with Crippen LogP contribution in [-0.2, 0) is 0 Å². The summed E-state index contributed by atoms with van der Waals surface area (Å²) in [5, 5.41) is 10.5. The van der Waals surface area contributed by atoms with Crippen molar-refractivity contribution in [1.82, 2.24) is 0 Å². The molecule has 0 bridgehead atoms. The molecule has 0 fully saturated rings. The summed E-state index contributed by atoms with van der Waals surface area (Å²) in [6, 6.07) is 12.5. The third-order valence-electron chi connectivity index (χ3n) is 2.01. The molecule has 0 N–H and O–H groups in total. The number of carboxylic acids is 1. The van der Waals surface area contributed by atoms with Crippen LogP contribution in [0.2, 0.25) is 0 Å². The summed E-state index contributed by atoms with van der Waals surface area (Å²) in [4.78, 5) is 10.5. The Hall–Kier alpha value is -0.194. The van der Waals surface area contributed by atoms with E-state index >= 15 is 0 Å². The fraction of sp³-hybridized carbons (Fsp3) is 0. The van der Waals surface area contributed by atoms with Gasteiger partial charge < -0.3 is 9.90 Å². The van der Waals surface area contributed by atoms with Gasteiger partial charge in [0.2, 0.25) is 0 Å². The number of rotatable bonds is 1. The van der Waals surface area contributed by atoms with E-state index in [9.17, 15) is 9.90 Å². The van der Waals surface area contributed by atoms with Crippen LogP contribution in [0.15, 0.2) is 42.5 Å². The van der Waals surface area contributed by atoms with Gasteiger partial charge in [-0.05, 0) is 16.7 Å². The van der Waals surface area contributed by atoms with Crippen LogP contribution in [0.3, 0.4) is 0 Å². The van der Waals surface area contributed by atoms with Gasteiger partial charge in [-0.15, -0.1) is 0 Å². The minimum Gasteiger partial charge on any atom is -0.545 e. The number of fused-ring (bicyclic) bond motifs is 1. The zero-order valence-electron chi connectivity index (χ0n) is 7.86. The van der Waals surface area contributed by atoms with Crippen LogP contribution in [0.25, 0.3) is 11.1 Å². The summed E-state index contributed by atoms with van der Waals surface area (Å²) in [6.07, 6.45) is 0. The van der Waals surface area contributed by atoms with Crippen LogP contribution in [0.1, 0.15) is 10.4 Å². The van der Waals surface area contributed by atoms with E-state index in [1.54, 1.807) is 24.3 Å². The van der Waals surface area contributed by atoms with Gasteiger partial charge >= 0.3 is 51.4 Å². The van der Waals surface area contributed by atoms with Crippen molar-refractivity contribution in [2.24, 2.45) is 0 Å². The Labute approximate surface area is 125 Å². The first-order chi connectivity index (χ1) is 6.27. The number of carbonyl (C=O) groups is 1. The molecule has 0 aromatic heterocycles. The molecule has 0 amide bonds. The SMILES string of the molecule is O=C([O-])c1ccc2cccc-2cc1.[K+]. The zero-order valence-corrected chi connectivity index (χ0v) is 11.0. The molecule has 2 rings (SSSR count). The molecule has 0 saturated heterocycles. The maximum absolute atomic E-state index is 10.5. The average Bonchev–Trinajstić information content (AvgIpc) is 2.44. The minimum atomic E-state index is -1.14. The number of hydrogen-bond donors (Lipinski definition) is 0. The molecule has 2 aliphatic rings. The Balaban J connectivity index is 0.000000980. The molecule has 2 nitrogen and oxygen atoms in total. The molecule has 14 heavy (non-hydrogen) atoms. The van der Waals surface area contributed by atoms with Crippen molar-refractivity contribution < 1.29 is 61.3 Å². The molecule has 0 saturated carbocycles. The minimum absolute atomic E-state index is 0. The molecule has 0 atom stereocenters. The number of hydrogen-bond acceptors (Lipinski definition) is 2. The molecule has 2 aliphatic carbocycles. The molecule has 0 spiro atoms. The van der Waals surface area contributed by atoms with E-state index in [4.69, 9.17) is 0 Å². The van der Waals surface area contributed by atoms with Gasteiger partial charge in [-0.2, -0.15) is 0 Å². The van der Waals surface area contributed by atoms with Crippen molar-refractivity contribution in [3.05, 3.63) is 48.0 Å². The summed E-state index contributed by atoms with van der Waals surface area (Å²) in [6.45, 7) is 0. The number of carboxylic acid groups (broad SMARTS) is 1. The fourth-order valence-corrected chi connectivity index (χ4v) is 1.30. The normalized spacial score (nSPS) is 9.43. The van der Waals surface area contributed by atoms with E-state index in [2.05, 4.69) is 0 Å². The summed E-state index contributed by atoms with van der Waals surface area (Å²) in [5.74, 6) is -1.14. The largest absolute Gasteiger partial charge is 1.00 e. The Bertz CT molecular complexity index is 395. The van der Waals surface area contributed by atoms with Crippen molar-refractivity contribution in [2.45, 2.75) is 0 Å². The first-order valence-electron chi connectivity index (χ1n) is 3.97. The van der Waals surface area contributed by atoms with E-state index in [-0.39, 0.29) is 56.9 Å². The van der Waals surface area contributed by atoms with Crippen molar-refractivity contribution in [3.8, 4) is 11.1 Å². The van der Waals surface area contributed by atoms with Gasteiger partial charge in [-0.1, -0.05) is 42.5 Å². The second-order valence-corrected chi connectivity index (χ2v) is 2.85. The van der Waals surface area contributed by atoms with Gasteiger partial charge in [0.25, 0.3) is 0 Å². The Kier molecular flexibility index (Phi) is 4.28. The standard InChI is InChI=1S/C11H8O2.K/c12-11(13)10-6-4-8-2-1-3-9(8)5-7-10;/h1-7H,(H,12,13);/q;+1/p-1. The maximum atomic E-state index is 10.5. The van der Waals surface area contributed by atoms with Gasteiger partial charge in [0.1, 0.15) is 0 Å². The van der Waals surface area contributed by atoms with E-state index in [0.717, 1.165) is 11.1 Å². The monoisotopic (exact) mass is 210 g/mol. The first-order valence-corrected chi connectivity index (χ1v) is 3.97. The van der Waals surface area contributed by atoms with Crippen LogP contribution in [-0.4, -0.2) is 5.97 Å². The summed E-state index contributed by atoms with van der Waals surface area (Å²) >= 11 is 0. The molecular weight excluding hydrogens is 203 g/mol. The van der Waals surface area contributed by atoms with Crippen molar-refractivity contribution >= 4 is 5.97 Å². The number of aromatic carboxylic acids is 1. The number of carbonyl (C=O) groups excluding carboxylic acids is 1. The molecule has 3 heteroatoms. The molecule has 0 radical (unpaired) electrons. The van der Waals surface area contributed by atoms with Gasteiger partial charge in [-0.3, -0.25) is 0 Å².